The topological polar surface area (TPSA) is 83.6 Å². The van der Waals surface area contributed by atoms with Crippen LogP contribution in [0.2, 0.25) is 0 Å². The number of benzene rings is 2. The van der Waals surface area contributed by atoms with Gasteiger partial charge in [-0.3, -0.25) is 9.59 Å². The smallest absolute Gasteiger partial charge is 0.244 e. The van der Waals surface area contributed by atoms with Crippen molar-refractivity contribution in [1.82, 2.24) is 0 Å². The van der Waals surface area contributed by atoms with Crippen LogP contribution in [0.15, 0.2) is 47.4 Å². The van der Waals surface area contributed by atoms with Gasteiger partial charge in [0.25, 0.3) is 0 Å². The van der Waals surface area contributed by atoms with Crippen molar-refractivity contribution >= 4 is 33.0 Å². The van der Waals surface area contributed by atoms with Crippen LogP contribution in [0, 0.1) is 13.8 Å². The molecule has 1 heterocycles. The van der Waals surface area contributed by atoms with Crippen LogP contribution in [-0.4, -0.2) is 32.0 Å². The molecule has 6 nitrogen and oxygen atoms in total. The number of rotatable bonds is 3. The van der Waals surface area contributed by atoms with Crippen LogP contribution in [0.3, 0.4) is 0 Å². The monoisotopic (exact) mass is 386 g/mol. The van der Waals surface area contributed by atoms with Gasteiger partial charge >= 0.3 is 0 Å². The van der Waals surface area contributed by atoms with E-state index in [2.05, 4.69) is 5.32 Å². The molecule has 1 aliphatic rings. The fraction of sp³-hybridized carbons (Fsp3) is 0.300. The van der Waals surface area contributed by atoms with Crippen LogP contribution in [-0.2, 0) is 19.4 Å². The number of hydrogen-bond donors (Lipinski definition) is 1. The van der Waals surface area contributed by atoms with Gasteiger partial charge in [-0.15, -0.1) is 0 Å². The third kappa shape index (κ3) is 3.60. The maximum absolute atomic E-state index is 12.7. The van der Waals surface area contributed by atoms with E-state index in [1.165, 1.54) is 17.9 Å². The number of fused-ring (bicyclic) bond motifs is 1. The molecule has 3 rings (SSSR count). The van der Waals surface area contributed by atoms with Gasteiger partial charge < -0.3 is 10.2 Å². The van der Waals surface area contributed by atoms with Gasteiger partial charge in [0.2, 0.25) is 11.8 Å². The molecule has 1 atom stereocenters. The number of hydrogen-bond acceptors (Lipinski definition) is 4. The van der Waals surface area contributed by atoms with Crippen LogP contribution < -0.4 is 10.2 Å². The van der Waals surface area contributed by atoms with Crippen molar-refractivity contribution in [3.8, 4) is 0 Å². The first-order valence-electron chi connectivity index (χ1n) is 8.71. The average molecular weight is 386 g/mol. The number of carbonyl (C=O) groups is 2. The number of nitrogens with one attached hydrogen (secondary N) is 1. The summed E-state index contributed by atoms with van der Waals surface area (Å²) in [5, 5.41) is 1.98. The van der Waals surface area contributed by atoms with Gasteiger partial charge in [-0.05, 0) is 50.1 Å². The van der Waals surface area contributed by atoms with E-state index in [0.717, 1.165) is 11.1 Å². The Balaban J connectivity index is 1.92. The molecular weight excluding hydrogens is 364 g/mol. The molecule has 2 aromatic rings. The number of carbonyl (C=O) groups excluding carboxylic acids is 2. The van der Waals surface area contributed by atoms with Crippen molar-refractivity contribution in [3.05, 3.63) is 53.6 Å². The maximum Gasteiger partial charge on any atom is 0.244 e. The Hall–Kier alpha value is -2.67. The summed E-state index contributed by atoms with van der Waals surface area (Å²) in [6, 6.07) is 11.9. The first kappa shape index (κ1) is 19.1. The van der Waals surface area contributed by atoms with Gasteiger partial charge in [0.15, 0.2) is 9.84 Å². The summed E-state index contributed by atoms with van der Waals surface area (Å²) in [6.07, 6.45) is -0.159. The molecule has 0 bridgehead atoms. The summed E-state index contributed by atoms with van der Waals surface area (Å²) in [5.41, 5.74) is 2.92. The molecule has 0 saturated heterocycles. The lowest BCUT2D eigenvalue weighted by Gasteiger charge is -2.22. The number of para-hydroxylation sites is 1. The number of amides is 2. The molecule has 0 radical (unpaired) electrons. The first-order valence-corrected chi connectivity index (χ1v) is 10.3. The van der Waals surface area contributed by atoms with Crippen LogP contribution in [0.25, 0.3) is 0 Å². The molecule has 142 valence electrons. The summed E-state index contributed by atoms with van der Waals surface area (Å²) >= 11 is 0. The third-order valence-corrected chi connectivity index (χ3v) is 7.12. The van der Waals surface area contributed by atoms with E-state index in [9.17, 15) is 18.0 Å². The Labute approximate surface area is 159 Å². The minimum Gasteiger partial charge on any atom is -0.324 e. The average Bonchev–Trinajstić information content (AvgIpc) is 2.69. The first-order chi connectivity index (χ1) is 12.7. The summed E-state index contributed by atoms with van der Waals surface area (Å²) in [4.78, 5) is 26.6. The molecule has 1 aliphatic heterocycles. The van der Waals surface area contributed by atoms with Gasteiger partial charge in [-0.25, -0.2) is 8.42 Å². The molecule has 0 unspecified atom stereocenters. The van der Waals surface area contributed by atoms with Crippen LogP contribution >= 0.6 is 0 Å². The minimum atomic E-state index is -3.62. The molecule has 2 aromatic carbocycles. The second-order valence-corrected chi connectivity index (χ2v) is 9.14. The van der Waals surface area contributed by atoms with Crippen molar-refractivity contribution < 1.29 is 18.0 Å². The van der Waals surface area contributed by atoms with E-state index in [1.807, 2.05) is 26.0 Å². The summed E-state index contributed by atoms with van der Waals surface area (Å²) in [7, 11) is -3.62. The zero-order chi connectivity index (χ0) is 19.8. The van der Waals surface area contributed by atoms with E-state index in [-0.39, 0.29) is 35.4 Å². The molecule has 7 heteroatoms. The molecule has 0 spiro atoms. The Kier molecular flexibility index (Phi) is 5.06. The van der Waals surface area contributed by atoms with Gasteiger partial charge in [0, 0.05) is 12.1 Å². The predicted octanol–water partition coefficient (Wildman–Crippen LogP) is 2.84. The van der Waals surface area contributed by atoms with Crippen LogP contribution in [0.1, 0.15) is 24.5 Å². The van der Waals surface area contributed by atoms with Crippen LogP contribution in [0.5, 0.6) is 0 Å². The molecule has 2 amide bonds. The van der Waals surface area contributed by atoms with E-state index in [0.29, 0.717) is 5.69 Å². The van der Waals surface area contributed by atoms with Gasteiger partial charge in [0.1, 0.15) is 6.54 Å². The van der Waals surface area contributed by atoms with Gasteiger partial charge in [-0.1, -0.05) is 24.3 Å². The quantitative estimate of drug-likeness (QED) is 0.879. The van der Waals surface area contributed by atoms with Gasteiger partial charge in [0.05, 0.1) is 15.8 Å². The molecule has 0 aromatic heterocycles. The summed E-state index contributed by atoms with van der Waals surface area (Å²) < 4.78 is 25.4. The minimum absolute atomic E-state index is 0.0860. The van der Waals surface area contributed by atoms with Crippen molar-refractivity contribution in [2.24, 2.45) is 0 Å². The van der Waals surface area contributed by atoms with E-state index >= 15 is 0 Å². The Morgan fingerprint density at radius 3 is 2.59 bits per heavy atom. The highest BCUT2D eigenvalue weighted by atomic mass is 32.2. The number of sulfone groups is 1. The lowest BCUT2D eigenvalue weighted by molar-refractivity contribution is -0.121. The van der Waals surface area contributed by atoms with E-state index < -0.39 is 15.1 Å². The highest BCUT2D eigenvalue weighted by Crippen LogP contribution is 2.33. The van der Waals surface area contributed by atoms with Crippen LogP contribution in [0.4, 0.5) is 11.4 Å². The van der Waals surface area contributed by atoms with E-state index in [4.69, 9.17) is 0 Å². The third-order valence-electron chi connectivity index (χ3n) is 4.94. The molecule has 1 N–H and O–H groups in total. The molecule has 0 fully saturated rings. The highest BCUT2D eigenvalue weighted by molar-refractivity contribution is 7.92. The molecular formula is C20H22N2O4S. The largest absolute Gasteiger partial charge is 0.324 e. The van der Waals surface area contributed by atoms with Gasteiger partial charge in [-0.2, -0.15) is 0 Å². The predicted molar refractivity (Wildman–Crippen MR) is 105 cm³/mol. The zero-order valence-electron chi connectivity index (χ0n) is 15.5. The lowest BCUT2D eigenvalue weighted by Crippen LogP contribution is -2.38. The van der Waals surface area contributed by atoms with E-state index in [1.54, 1.807) is 24.3 Å². The normalized spacial score (nSPS) is 18.6. The molecule has 27 heavy (non-hydrogen) atoms. The maximum atomic E-state index is 12.7. The fourth-order valence-electron chi connectivity index (χ4n) is 3.13. The number of aryl methyl sites for hydroxylation is 1. The Bertz CT molecular complexity index is 1010. The second kappa shape index (κ2) is 7.15. The Morgan fingerprint density at radius 1 is 1.15 bits per heavy atom. The number of nitrogens with zero attached hydrogens (tertiary/aromatic N) is 1. The van der Waals surface area contributed by atoms with Crippen molar-refractivity contribution in [2.75, 3.05) is 16.8 Å². The van der Waals surface area contributed by atoms with Crippen molar-refractivity contribution in [1.29, 1.82) is 0 Å². The lowest BCUT2D eigenvalue weighted by atomic mass is 10.1. The fourth-order valence-corrected chi connectivity index (χ4v) is 4.66. The zero-order valence-corrected chi connectivity index (χ0v) is 16.3. The van der Waals surface area contributed by atoms with Crippen molar-refractivity contribution in [2.45, 2.75) is 37.3 Å². The SMILES string of the molecule is Cc1cccc(NC(=O)CN2C(=O)C[C@H](C)S(=O)(=O)c3ccccc32)c1C. The Morgan fingerprint density at radius 2 is 1.85 bits per heavy atom. The van der Waals surface area contributed by atoms with Crippen molar-refractivity contribution in [3.63, 3.8) is 0 Å². The molecule has 0 saturated carbocycles. The standard InChI is InChI=1S/C20H22N2O4S/c1-13-7-6-8-16(15(13)3)21-19(23)12-22-17-9-4-5-10-18(17)27(25,26)14(2)11-20(22)24/h4-10,14H,11-12H2,1-3H3,(H,21,23)/t14-/m0/s1. The number of anilines is 2. The highest BCUT2D eigenvalue weighted by Gasteiger charge is 2.36. The molecule has 0 aliphatic carbocycles. The summed E-state index contributed by atoms with van der Waals surface area (Å²) in [5.74, 6) is -0.758. The summed E-state index contributed by atoms with van der Waals surface area (Å²) in [6.45, 7) is 5.13. The second-order valence-electron chi connectivity index (χ2n) is 6.80.